The smallest absolute Gasteiger partial charge is 0.465 e. The predicted molar refractivity (Wildman–Crippen MR) is 102 cm³/mol. The van der Waals surface area contributed by atoms with Crippen LogP contribution < -0.4 is 10.8 Å². The fourth-order valence-electron chi connectivity index (χ4n) is 3.21. The predicted octanol–water partition coefficient (Wildman–Crippen LogP) is 3.02. The molecule has 1 saturated heterocycles. The highest BCUT2D eigenvalue weighted by atomic mass is 32.1. The highest BCUT2D eigenvalue weighted by Gasteiger charge is 2.40. The molecule has 2 N–H and O–H groups in total. The number of halogens is 1. The third-order valence-corrected chi connectivity index (χ3v) is 5.52. The van der Waals surface area contributed by atoms with Gasteiger partial charge in [-0.2, -0.15) is 5.26 Å². The summed E-state index contributed by atoms with van der Waals surface area (Å²) in [7, 11) is -0.678. The van der Waals surface area contributed by atoms with Gasteiger partial charge >= 0.3 is 13.2 Å². The number of carboxylic acid groups (broad SMARTS) is 1. The fourth-order valence-corrected chi connectivity index (χ4v) is 4.62. The van der Waals surface area contributed by atoms with Crippen LogP contribution in [0.5, 0.6) is 0 Å². The second-order valence-electron chi connectivity index (χ2n) is 7.86. The Labute approximate surface area is 161 Å². The minimum atomic E-state index is -1.15. The molecule has 1 aliphatic rings. The zero-order valence-corrected chi connectivity index (χ0v) is 16.4. The van der Waals surface area contributed by atoms with Gasteiger partial charge in [-0.25, -0.2) is 9.18 Å². The molecular formula is C18H20BFN2O4S. The van der Waals surface area contributed by atoms with Gasteiger partial charge in [-0.1, -0.05) is 6.07 Å². The summed E-state index contributed by atoms with van der Waals surface area (Å²) in [6.07, 6.45) is -0.889. The van der Waals surface area contributed by atoms with Gasteiger partial charge in [0, 0.05) is 22.2 Å². The quantitative estimate of drug-likeness (QED) is 0.784. The maximum Gasteiger partial charge on any atom is 0.495 e. The van der Waals surface area contributed by atoms with E-state index in [1.54, 1.807) is 19.9 Å². The average Bonchev–Trinajstić information content (AvgIpc) is 3.06. The standard InChI is InChI=1S/C18H20BFN2O4S/c1-17(2,22-16(23)24)7-13-10(8-21)14-11(5-6-12(20)15(14)27-13)19-25-9-18(3,4)26-19/h5-6,22H,7,9H2,1-4H3,(H,23,24). The molecule has 0 spiro atoms. The maximum atomic E-state index is 14.5. The van der Waals surface area contributed by atoms with Gasteiger partial charge in [-0.15, -0.1) is 11.3 Å². The fraction of sp³-hybridized carbons (Fsp3) is 0.444. The Kier molecular flexibility index (Phi) is 4.93. The molecule has 0 saturated carbocycles. The largest absolute Gasteiger partial charge is 0.495 e. The zero-order valence-electron chi connectivity index (χ0n) is 15.6. The van der Waals surface area contributed by atoms with Crippen molar-refractivity contribution in [1.29, 1.82) is 5.26 Å². The van der Waals surface area contributed by atoms with Crippen LogP contribution >= 0.6 is 11.3 Å². The molecule has 9 heteroatoms. The minimum Gasteiger partial charge on any atom is -0.465 e. The summed E-state index contributed by atoms with van der Waals surface area (Å²) in [5, 5.41) is 21.7. The topological polar surface area (TPSA) is 91.6 Å². The lowest BCUT2D eigenvalue weighted by atomic mass is 9.76. The van der Waals surface area contributed by atoms with Crippen molar-refractivity contribution in [3.8, 4) is 6.07 Å². The summed E-state index contributed by atoms with van der Waals surface area (Å²) in [6.45, 7) is 7.63. The van der Waals surface area contributed by atoms with Gasteiger partial charge in [0.05, 0.1) is 22.5 Å². The van der Waals surface area contributed by atoms with Crippen molar-refractivity contribution < 1.29 is 23.6 Å². The third-order valence-electron chi connectivity index (χ3n) is 4.32. The van der Waals surface area contributed by atoms with Crippen LogP contribution in [-0.4, -0.2) is 36.1 Å². The van der Waals surface area contributed by atoms with Crippen LogP contribution in [0.1, 0.15) is 38.1 Å². The minimum absolute atomic E-state index is 0.262. The number of thiophene rings is 1. The van der Waals surface area contributed by atoms with Gasteiger partial charge < -0.3 is 19.7 Å². The molecule has 142 valence electrons. The van der Waals surface area contributed by atoms with Gasteiger partial charge in [0.1, 0.15) is 11.9 Å². The first kappa shape index (κ1) is 19.6. The van der Waals surface area contributed by atoms with Crippen LogP contribution in [0.15, 0.2) is 12.1 Å². The normalized spacial score (nSPS) is 16.5. The van der Waals surface area contributed by atoms with Crippen molar-refractivity contribution in [2.45, 2.75) is 45.3 Å². The molecule has 0 unspecified atom stereocenters. The van der Waals surface area contributed by atoms with E-state index in [0.29, 0.717) is 32.6 Å². The van der Waals surface area contributed by atoms with Crippen LogP contribution in [0.2, 0.25) is 0 Å². The number of nitrogens with zero attached hydrogens (tertiary/aromatic N) is 1. The number of amides is 1. The summed E-state index contributed by atoms with van der Waals surface area (Å²) in [4.78, 5) is 11.6. The van der Waals surface area contributed by atoms with E-state index in [9.17, 15) is 14.4 Å². The second kappa shape index (κ2) is 6.78. The highest BCUT2D eigenvalue weighted by Crippen LogP contribution is 2.35. The molecule has 1 fully saturated rings. The molecule has 1 amide bonds. The highest BCUT2D eigenvalue weighted by molar-refractivity contribution is 7.19. The summed E-state index contributed by atoms with van der Waals surface area (Å²) in [6, 6.07) is 5.09. The SMILES string of the molecule is CC(C)(Cc1sc2c(F)ccc(B3OCC(C)(C)O3)c2c1C#N)NC(=O)O. The van der Waals surface area contributed by atoms with Gasteiger partial charge in [0.25, 0.3) is 0 Å². The Balaban J connectivity index is 2.11. The van der Waals surface area contributed by atoms with E-state index in [-0.39, 0.29) is 6.42 Å². The zero-order chi connectivity index (χ0) is 20.0. The van der Waals surface area contributed by atoms with E-state index in [0.717, 1.165) is 11.3 Å². The first-order chi connectivity index (χ1) is 12.5. The third kappa shape index (κ3) is 3.93. The molecule has 2 heterocycles. The van der Waals surface area contributed by atoms with Gasteiger partial charge in [-0.3, -0.25) is 0 Å². The van der Waals surface area contributed by atoms with Crippen molar-refractivity contribution in [2.24, 2.45) is 0 Å². The number of hydrogen-bond acceptors (Lipinski definition) is 5. The van der Waals surface area contributed by atoms with Crippen molar-refractivity contribution in [3.63, 3.8) is 0 Å². The van der Waals surface area contributed by atoms with Crippen LogP contribution in [-0.2, 0) is 15.7 Å². The monoisotopic (exact) mass is 390 g/mol. The maximum absolute atomic E-state index is 14.5. The first-order valence-corrected chi connectivity index (χ1v) is 9.29. The summed E-state index contributed by atoms with van der Waals surface area (Å²) in [5.41, 5.74) is -0.330. The summed E-state index contributed by atoms with van der Waals surface area (Å²) < 4.78 is 26.5. The van der Waals surface area contributed by atoms with Gasteiger partial charge in [-0.05, 0) is 39.2 Å². The molecule has 1 aliphatic heterocycles. The number of rotatable bonds is 4. The Morgan fingerprint density at radius 3 is 2.78 bits per heavy atom. The number of benzene rings is 1. The van der Waals surface area contributed by atoms with Crippen LogP contribution in [0, 0.1) is 17.1 Å². The first-order valence-electron chi connectivity index (χ1n) is 8.47. The molecule has 3 rings (SSSR count). The van der Waals surface area contributed by atoms with Crippen molar-refractivity contribution in [2.75, 3.05) is 6.61 Å². The van der Waals surface area contributed by atoms with Crippen molar-refractivity contribution >= 4 is 40.1 Å². The summed E-state index contributed by atoms with van der Waals surface area (Å²) >= 11 is 1.16. The van der Waals surface area contributed by atoms with Crippen LogP contribution in [0.3, 0.4) is 0 Å². The molecule has 2 aromatic rings. The molecule has 1 aromatic carbocycles. The van der Waals surface area contributed by atoms with Crippen LogP contribution in [0.4, 0.5) is 9.18 Å². The number of hydrogen-bond donors (Lipinski definition) is 2. The number of carbonyl (C=O) groups is 1. The molecule has 1 aromatic heterocycles. The molecule has 0 radical (unpaired) electrons. The number of fused-ring (bicyclic) bond motifs is 1. The average molecular weight is 390 g/mol. The second-order valence-corrected chi connectivity index (χ2v) is 8.97. The molecule has 6 nitrogen and oxygen atoms in total. The van der Waals surface area contributed by atoms with E-state index in [1.807, 2.05) is 13.8 Å². The van der Waals surface area contributed by atoms with E-state index in [2.05, 4.69) is 11.4 Å². The Bertz CT molecular complexity index is 951. The van der Waals surface area contributed by atoms with Crippen molar-refractivity contribution in [1.82, 2.24) is 5.32 Å². The Hall–Kier alpha value is -2.15. The lowest BCUT2D eigenvalue weighted by molar-refractivity contribution is 0.137. The van der Waals surface area contributed by atoms with E-state index >= 15 is 0 Å². The molecule has 0 bridgehead atoms. The van der Waals surface area contributed by atoms with E-state index in [4.69, 9.17) is 14.4 Å². The van der Waals surface area contributed by atoms with E-state index < -0.39 is 30.2 Å². The van der Waals surface area contributed by atoms with Gasteiger partial charge in [0.2, 0.25) is 0 Å². The number of nitrogens with one attached hydrogen (secondary N) is 1. The molecule has 27 heavy (non-hydrogen) atoms. The Morgan fingerprint density at radius 1 is 1.52 bits per heavy atom. The lowest BCUT2D eigenvalue weighted by Gasteiger charge is -2.23. The molecule has 0 atom stereocenters. The van der Waals surface area contributed by atoms with Crippen LogP contribution in [0.25, 0.3) is 10.1 Å². The van der Waals surface area contributed by atoms with Crippen molar-refractivity contribution in [3.05, 3.63) is 28.4 Å². The summed E-state index contributed by atoms with van der Waals surface area (Å²) in [5.74, 6) is -0.428. The molecular weight excluding hydrogens is 370 g/mol. The lowest BCUT2D eigenvalue weighted by Crippen LogP contribution is -2.44. The number of nitriles is 1. The molecule has 0 aliphatic carbocycles. The van der Waals surface area contributed by atoms with Gasteiger partial charge in [0.15, 0.2) is 0 Å². The Morgan fingerprint density at radius 2 is 2.22 bits per heavy atom. The van der Waals surface area contributed by atoms with E-state index in [1.165, 1.54) is 6.07 Å².